The molecule has 6 heteroatoms. The summed E-state index contributed by atoms with van der Waals surface area (Å²) in [6, 6.07) is 57.3. The van der Waals surface area contributed by atoms with E-state index in [0.717, 1.165) is 17.1 Å². The van der Waals surface area contributed by atoms with Crippen LogP contribution in [-0.2, 0) is 10.8 Å². The van der Waals surface area contributed by atoms with Gasteiger partial charge in [0.2, 0.25) is 0 Å². The summed E-state index contributed by atoms with van der Waals surface area (Å²) < 4.78 is 6.81. The van der Waals surface area contributed by atoms with Gasteiger partial charge in [-0.15, -0.1) is 22.7 Å². The van der Waals surface area contributed by atoms with Gasteiger partial charge in [-0.25, -0.2) is 0 Å². The van der Waals surface area contributed by atoms with Crippen LogP contribution in [0.1, 0.15) is 57.2 Å². The van der Waals surface area contributed by atoms with Crippen molar-refractivity contribution in [2.75, 3.05) is 9.80 Å². The van der Waals surface area contributed by atoms with Gasteiger partial charge < -0.3 is 14.3 Å². The lowest BCUT2D eigenvalue weighted by Crippen LogP contribution is -2.56. The Bertz CT molecular complexity index is 3420. The number of benzene rings is 7. The van der Waals surface area contributed by atoms with Crippen molar-refractivity contribution < 1.29 is 0 Å². The second kappa shape index (κ2) is 12.5. The predicted octanol–water partition coefficient (Wildman–Crippen LogP) is 14.8. The molecule has 7 aromatic carbocycles. The Balaban J connectivity index is 1.21. The van der Waals surface area contributed by atoms with Gasteiger partial charge in [-0.05, 0) is 124 Å². The number of para-hydroxylation sites is 3. The van der Waals surface area contributed by atoms with E-state index in [4.69, 9.17) is 0 Å². The van der Waals surface area contributed by atoms with Gasteiger partial charge in [0.1, 0.15) is 0 Å². The van der Waals surface area contributed by atoms with E-state index in [-0.39, 0.29) is 17.7 Å². The summed E-state index contributed by atoms with van der Waals surface area (Å²) in [5.41, 5.74) is 18.5. The van der Waals surface area contributed by atoms with Crippen LogP contribution < -0.4 is 20.7 Å². The molecule has 13 rings (SSSR count). The molecule has 10 aromatic rings. The standard InChI is InChI=1S/C55H44BN3S2/c1-33-29-42-43(55(4,5)28-27-54(42,2)3)32-44(33)58-45-31-36(57(34-17-8-6-9-18-34)35-19-10-7-11-20-35)30-41-37-23-16-24-40-50(37)59(51-39-22-13-15-26-47(39)60-52(40)51)56(48(41)45)49-38-21-12-14-25-46(38)61-53(49)58/h6-26,29-32H,27-28H2,1-5H3. The van der Waals surface area contributed by atoms with Crippen molar-refractivity contribution in [2.45, 2.75) is 58.3 Å². The summed E-state index contributed by atoms with van der Waals surface area (Å²) >= 11 is 3.90. The molecule has 3 nitrogen and oxygen atoms in total. The molecule has 61 heavy (non-hydrogen) atoms. The van der Waals surface area contributed by atoms with Crippen LogP contribution in [0.5, 0.6) is 0 Å². The summed E-state index contributed by atoms with van der Waals surface area (Å²) in [6.07, 6.45) is 2.36. The van der Waals surface area contributed by atoms with E-state index in [9.17, 15) is 0 Å². The molecule has 0 amide bonds. The van der Waals surface area contributed by atoms with Gasteiger partial charge in [0.15, 0.2) is 0 Å². The molecule has 0 bridgehead atoms. The zero-order chi connectivity index (χ0) is 40.9. The van der Waals surface area contributed by atoms with Gasteiger partial charge in [-0.3, -0.25) is 0 Å². The van der Waals surface area contributed by atoms with Crippen molar-refractivity contribution >= 4 is 115 Å². The number of hydrogen-bond donors (Lipinski definition) is 0. The average molecular weight is 822 g/mol. The van der Waals surface area contributed by atoms with Crippen molar-refractivity contribution in [3.05, 3.63) is 168 Å². The number of anilines is 6. The molecule has 0 fully saturated rings. The number of nitrogens with zero attached hydrogens (tertiary/aromatic N) is 3. The van der Waals surface area contributed by atoms with Crippen LogP contribution in [-0.4, -0.2) is 11.3 Å². The number of rotatable bonds is 4. The largest absolute Gasteiger partial charge is 0.374 e. The molecule has 3 aromatic heterocycles. The van der Waals surface area contributed by atoms with E-state index >= 15 is 0 Å². The van der Waals surface area contributed by atoms with E-state index in [1.165, 1.54) is 109 Å². The fourth-order valence-electron chi connectivity index (χ4n) is 11.3. The first-order valence-corrected chi connectivity index (χ1v) is 23.3. The Hall–Kier alpha value is -6.08. The van der Waals surface area contributed by atoms with Crippen LogP contribution >= 0.6 is 22.7 Å². The SMILES string of the molecule is Cc1cc2c(cc1N1c3cc(N(c4ccccc4)c4ccccc4)cc4c3B(c3c1sc1ccccc31)n1c3c-4cccc3c3sc4ccccc4c31)C(C)(C)CCC2(C)C. The minimum atomic E-state index is -0.0236. The Morgan fingerprint density at radius 1 is 0.525 bits per heavy atom. The second-order valence-electron chi connectivity index (χ2n) is 18.8. The van der Waals surface area contributed by atoms with Crippen molar-refractivity contribution in [1.82, 2.24) is 4.48 Å². The molecule has 0 atom stereocenters. The van der Waals surface area contributed by atoms with E-state index in [2.05, 4.69) is 201 Å². The molecule has 0 saturated heterocycles. The molecule has 0 unspecified atom stereocenters. The fourth-order valence-corrected chi connectivity index (χ4v) is 13.7. The van der Waals surface area contributed by atoms with Crippen molar-refractivity contribution in [3.8, 4) is 11.1 Å². The Morgan fingerprint density at radius 2 is 1.13 bits per heavy atom. The van der Waals surface area contributed by atoms with Crippen LogP contribution in [0, 0.1) is 6.92 Å². The van der Waals surface area contributed by atoms with E-state index in [1.54, 1.807) is 0 Å². The van der Waals surface area contributed by atoms with Gasteiger partial charge >= 0.3 is 6.85 Å². The van der Waals surface area contributed by atoms with Crippen molar-refractivity contribution in [2.24, 2.45) is 0 Å². The number of aryl methyl sites for hydroxylation is 1. The summed E-state index contributed by atoms with van der Waals surface area (Å²) in [5, 5.41) is 5.34. The number of thiophene rings is 2. The first-order valence-electron chi connectivity index (χ1n) is 21.7. The van der Waals surface area contributed by atoms with Gasteiger partial charge in [0.25, 0.3) is 0 Å². The number of hydrogen-bond acceptors (Lipinski definition) is 4. The monoisotopic (exact) mass is 821 g/mol. The van der Waals surface area contributed by atoms with Gasteiger partial charge in [-0.1, -0.05) is 125 Å². The zero-order valence-electron chi connectivity index (χ0n) is 35.1. The summed E-state index contributed by atoms with van der Waals surface area (Å²) in [4.78, 5) is 5.15. The van der Waals surface area contributed by atoms with Crippen LogP contribution in [0.4, 0.5) is 33.4 Å². The maximum atomic E-state index is 2.76. The Morgan fingerprint density at radius 3 is 1.84 bits per heavy atom. The molecular formula is C55H44BN3S2. The van der Waals surface area contributed by atoms with E-state index < -0.39 is 0 Å². The first kappa shape index (κ1) is 35.7. The lowest BCUT2D eigenvalue weighted by molar-refractivity contribution is 0.332. The van der Waals surface area contributed by atoms with E-state index in [1.807, 2.05) is 22.7 Å². The quantitative estimate of drug-likeness (QED) is 0.164. The molecule has 1 aliphatic carbocycles. The van der Waals surface area contributed by atoms with Crippen molar-refractivity contribution in [1.29, 1.82) is 0 Å². The number of aromatic nitrogens is 1. The molecule has 0 saturated carbocycles. The zero-order valence-corrected chi connectivity index (χ0v) is 36.7. The van der Waals surface area contributed by atoms with Crippen LogP contribution in [0.25, 0.3) is 52.4 Å². The van der Waals surface area contributed by atoms with Gasteiger partial charge in [0.05, 0.1) is 20.9 Å². The van der Waals surface area contributed by atoms with Gasteiger partial charge in [-0.2, -0.15) is 0 Å². The van der Waals surface area contributed by atoms with E-state index in [0.29, 0.717) is 0 Å². The Labute approximate surface area is 365 Å². The Kier molecular flexibility index (Phi) is 7.31. The minimum absolute atomic E-state index is 0.0236. The molecular weight excluding hydrogens is 778 g/mol. The molecule has 2 aliphatic heterocycles. The minimum Gasteiger partial charge on any atom is -0.374 e. The fraction of sp³-hybridized carbons (Fsp3) is 0.164. The molecule has 3 aliphatic rings. The molecule has 0 spiro atoms. The van der Waals surface area contributed by atoms with Crippen molar-refractivity contribution in [3.63, 3.8) is 0 Å². The highest BCUT2D eigenvalue weighted by molar-refractivity contribution is 7.27. The molecule has 294 valence electrons. The highest BCUT2D eigenvalue weighted by Crippen LogP contribution is 2.55. The van der Waals surface area contributed by atoms with Gasteiger partial charge in [0, 0.05) is 54.0 Å². The molecule has 0 radical (unpaired) electrons. The third-order valence-corrected chi connectivity index (χ3v) is 16.7. The first-order chi connectivity index (χ1) is 29.7. The average Bonchev–Trinajstić information content (AvgIpc) is 3.95. The highest BCUT2D eigenvalue weighted by atomic mass is 32.1. The van der Waals surface area contributed by atoms with Crippen LogP contribution in [0.15, 0.2) is 152 Å². The highest BCUT2D eigenvalue weighted by Gasteiger charge is 2.47. The summed E-state index contributed by atoms with van der Waals surface area (Å²) in [5.74, 6) is 0. The predicted molar refractivity (Wildman–Crippen MR) is 265 cm³/mol. The third-order valence-electron chi connectivity index (χ3n) is 14.3. The molecule has 0 N–H and O–H groups in total. The van der Waals surface area contributed by atoms with Crippen LogP contribution in [0.2, 0.25) is 0 Å². The smallest absolute Gasteiger partial charge is 0.334 e. The van der Waals surface area contributed by atoms with Crippen LogP contribution in [0.3, 0.4) is 0 Å². The second-order valence-corrected chi connectivity index (χ2v) is 20.9. The molecule has 5 heterocycles. The lowest BCUT2D eigenvalue weighted by Gasteiger charge is -2.44. The maximum absolute atomic E-state index is 2.76. The maximum Gasteiger partial charge on any atom is 0.334 e. The summed E-state index contributed by atoms with van der Waals surface area (Å²) in [7, 11) is 0. The number of fused-ring (bicyclic) bond motifs is 12. The topological polar surface area (TPSA) is 11.4 Å². The normalized spacial score (nSPS) is 15.7. The third kappa shape index (κ3) is 4.86. The lowest BCUT2D eigenvalue weighted by atomic mass is 9.45. The summed E-state index contributed by atoms with van der Waals surface area (Å²) in [6.45, 7) is 12.1.